The van der Waals surface area contributed by atoms with Crippen LogP contribution >= 0.6 is 0 Å². The van der Waals surface area contributed by atoms with Gasteiger partial charge in [-0.05, 0) is 24.8 Å². The highest BCUT2D eigenvalue weighted by molar-refractivity contribution is 5.80. The van der Waals surface area contributed by atoms with Gasteiger partial charge in [-0.2, -0.15) is 0 Å². The third-order valence-corrected chi connectivity index (χ3v) is 7.52. The summed E-state index contributed by atoms with van der Waals surface area (Å²) in [6, 6.07) is 11.2. The number of fused-ring (bicyclic) bond motifs is 2. The Labute approximate surface area is 174 Å². The monoisotopic (exact) mass is 398 g/mol. The molecule has 6 nitrogen and oxygen atoms in total. The van der Waals surface area contributed by atoms with E-state index >= 15 is 0 Å². The van der Waals surface area contributed by atoms with Gasteiger partial charge in [0.05, 0.1) is 18.8 Å². The normalized spacial score (nSPS) is 33.6. The van der Waals surface area contributed by atoms with E-state index in [-0.39, 0.29) is 6.10 Å². The van der Waals surface area contributed by atoms with Crippen LogP contribution in [-0.4, -0.2) is 69.0 Å². The van der Waals surface area contributed by atoms with E-state index in [0.29, 0.717) is 23.5 Å². The highest BCUT2D eigenvalue weighted by atomic mass is 16.5. The summed E-state index contributed by atoms with van der Waals surface area (Å²) in [5, 5.41) is 7.28. The number of benzene rings is 1. The number of morpholine rings is 1. The lowest BCUT2D eigenvalue weighted by Crippen LogP contribution is -2.72. The second-order valence-electron chi connectivity index (χ2n) is 9.12. The van der Waals surface area contributed by atoms with E-state index < -0.39 is 0 Å². The van der Waals surface area contributed by atoms with Crippen molar-refractivity contribution in [1.29, 1.82) is 0 Å². The average Bonchev–Trinajstić information content (AvgIpc) is 3.13. The third kappa shape index (κ3) is 3.66. The van der Waals surface area contributed by atoms with E-state index in [2.05, 4.69) is 50.9 Å². The zero-order chi connectivity index (χ0) is 19.7. The van der Waals surface area contributed by atoms with E-state index in [1.807, 2.05) is 7.05 Å². The van der Waals surface area contributed by atoms with Crippen LogP contribution in [0.5, 0.6) is 0 Å². The first-order chi connectivity index (χ1) is 14.3. The Morgan fingerprint density at radius 2 is 2.07 bits per heavy atom. The van der Waals surface area contributed by atoms with Crippen molar-refractivity contribution >= 4 is 5.96 Å². The molecular weight excluding hydrogens is 364 g/mol. The summed E-state index contributed by atoms with van der Waals surface area (Å²) in [7, 11) is 1.87. The maximum atomic E-state index is 6.05. The number of ether oxygens (including phenoxy) is 2. The van der Waals surface area contributed by atoms with Gasteiger partial charge in [-0.15, -0.1) is 0 Å². The average molecular weight is 399 g/mol. The summed E-state index contributed by atoms with van der Waals surface area (Å²) >= 11 is 0. The molecule has 4 fully saturated rings. The van der Waals surface area contributed by atoms with Crippen molar-refractivity contribution in [1.82, 2.24) is 15.5 Å². The van der Waals surface area contributed by atoms with Crippen molar-refractivity contribution in [3.63, 3.8) is 0 Å². The summed E-state index contributed by atoms with van der Waals surface area (Å²) in [4.78, 5) is 6.99. The molecule has 2 heterocycles. The molecule has 0 bridgehead atoms. The molecule has 5 rings (SSSR count). The zero-order valence-electron chi connectivity index (χ0n) is 17.5. The van der Waals surface area contributed by atoms with Gasteiger partial charge in [-0.25, -0.2) is 0 Å². The van der Waals surface area contributed by atoms with E-state index in [1.165, 1.54) is 31.2 Å². The van der Waals surface area contributed by atoms with Crippen molar-refractivity contribution < 1.29 is 9.47 Å². The number of nitrogens with zero attached hydrogens (tertiary/aromatic N) is 2. The van der Waals surface area contributed by atoms with Gasteiger partial charge in [0.15, 0.2) is 5.96 Å². The first-order valence-electron chi connectivity index (χ1n) is 11.3. The second kappa shape index (κ2) is 8.25. The van der Waals surface area contributed by atoms with Crippen LogP contribution in [0.1, 0.15) is 31.2 Å². The first-order valence-corrected chi connectivity index (χ1v) is 11.3. The second-order valence-corrected chi connectivity index (χ2v) is 9.12. The molecule has 1 spiro atoms. The lowest BCUT2D eigenvalue weighted by atomic mass is 9.46. The van der Waals surface area contributed by atoms with Gasteiger partial charge in [0, 0.05) is 57.2 Å². The highest BCUT2D eigenvalue weighted by Gasteiger charge is 2.66. The summed E-state index contributed by atoms with van der Waals surface area (Å²) in [6.45, 7) is 5.43. The Balaban J connectivity index is 1.12. The summed E-state index contributed by atoms with van der Waals surface area (Å²) in [5.41, 5.74) is 1.73. The number of aliphatic imine (C=N–C) groups is 1. The fraction of sp³-hybridized carbons (Fsp3) is 0.696. The number of rotatable bonds is 5. The van der Waals surface area contributed by atoms with E-state index in [0.717, 1.165) is 45.4 Å². The number of hydrogen-bond donors (Lipinski definition) is 2. The van der Waals surface area contributed by atoms with Crippen LogP contribution in [0.25, 0.3) is 0 Å². The molecule has 2 N–H and O–H groups in total. The van der Waals surface area contributed by atoms with Crippen molar-refractivity contribution in [2.75, 3.05) is 39.9 Å². The maximum absolute atomic E-state index is 6.05. The Kier molecular flexibility index (Phi) is 5.50. The van der Waals surface area contributed by atoms with E-state index in [4.69, 9.17) is 9.47 Å². The molecule has 4 atom stereocenters. The Morgan fingerprint density at radius 1 is 1.21 bits per heavy atom. The van der Waals surface area contributed by atoms with Crippen molar-refractivity contribution in [2.45, 2.75) is 50.5 Å². The molecule has 0 amide bonds. The standard InChI is InChI=1S/C23H34N4O2/c1-24-22(26-20-19-8-12-29-21(19)23(20)9-5-10-23)25-14-18-16-27(11-13-28-18)15-17-6-3-2-4-7-17/h2-4,6-7,18-21H,5,8-16H2,1H3,(H2,24,25,26). The van der Waals surface area contributed by atoms with E-state index in [9.17, 15) is 0 Å². The predicted octanol–water partition coefficient (Wildman–Crippen LogP) is 2.01. The minimum atomic E-state index is 0.188. The van der Waals surface area contributed by atoms with Gasteiger partial charge in [-0.1, -0.05) is 36.8 Å². The molecule has 0 aromatic heterocycles. The largest absolute Gasteiger partial charge is 0.377 e. The predicted molar refractivity (Wildman–Crippen MR) is 114 cm³/mol. The van der Waals surface area contributed by atoms with Gasteiger partial charge in [0.25, 0.3) is 0 Å². The highest BCUT2D eigenvalue weighted by Crippen LogP contribution is 2.62. The summed E-state index contributed by atoms with van der Waals surface area (Å²) in [5.74, 6) is 1.57. The minimum absolute atomic E-state index is 0.188. The molecular formula is C23H34N4O2. The number of guanidine groups is 1. The molecule has 2 aliphatic heterocycles. The molecule has 0 radical (unpaired) electrons. The third-order valence-electron chi connectivity index (χ3n) is 7.52. The quantitative estimate of drug-likeness (QED) is 0.587. The topological polar surface area (TPSA) is 58.1 Å². The van der Waals surface area contributed by atoms with Crippen LogP contribution in [-0.2, 0) is 16.0 Å². The smallest absolute Gasteiger partial charge is 0.191 e. The van der Waals surface area contributed by atoms with Gasteiger partial charge in [0.2, 0.25) is 0 Å². The molecule has 1 aromatic carbocycles. The Hall–Kier alpha value is -1.63. The van der Waals surface area contributed by atoms with Crippen LogP contribution in [0.2, 0.25) is 0 Å². The molecule has 4 unspecified atom stereocenters. The molecule has 2 saturated heterocycles. The summed E-state index contributed by atoms with van der Waals surface area (Å²) < 4.78 is 12.1. The lowest BCUT2D eigenvalue weighted by molar-refractivity contribution is -0.171. The van der Waals surface area contributed by atoms with Gasteiger partial charge in [-0.3, -0.25) is 9.89 Å². The van der Waals surface area contributed by atoms with Crippen LogP contribution < -0.4 is 10.6 Å². The Morgan fingerprint density at radius 3 is 2.83 bits per heavy atom. The van der Waals surface area contributed by atoms with E-state index in [1.54, 1.807) is 0 Å². The lowest BCUT2D eigenvalue weighted by Gasteiger charge is -2.63. The van der Waals surface area contributed by atoms with Crippen LogP contribution in [0.4, 0.5) is 0 Å². The fourth-order valence-electron chi connectivity index (χ4n) is 5.90. The first kappa shape index (κ1) is 19.3. The van der Waals surface area contributed by atoms with Crippen molar-refractivity contribution in [3.8, 4) is 0 Å². The van der Waals surface area contributed by atoms with Crippen LogP contribution in [0.15, 0.2) is 35.3 Å². The molecule has 29 heavy (non-hydrogen) atoms. The maximum Gasteiger partial charge on any atom is 0.191 e. The molecule has 158 valence electrons. The van der Waals surface area contributed by atoms with Crippen LogP contribution in [0, 0.1) is 11.3 Å². The molecule has 2 saturated carbocycles. The van der Waals surface area contributed by atoms with Gasteiger partial charge >= 0.3 is 0 Å². The molecule has 4 aliphatic rings. The Bertz CT molecular complexity index is 721. The number of hydrogen-bond acceptors (Lipinski definition) is 4. The van der Waals surface area contributed by atoms with Gasteiger partial charge in [0.1, 0.15) is 0 Å². The van der Waals surface area contributed by atoms with Gasteiger partial charge < -0.3 is 20.1 Å². The number of nitrogens with one attached hydrogen (secondary N) is 2. The van der Waals surface area contributed by atoms with Crippen molar-refractivity contribution in [2.24, 2.45) is 16.3 Å². The minimum Gasteiger partial charge on any atom is -0.377 e. The summed E-state index contributed by atoms with van der Waals surface area (Å²) in [6.07, 6.45) is 5.78. The van der Waals surface area contributed by atoms with Crippen molar-refractivity contribution in [3.05, 3.63) is 35.9 Å². The van der Waals surface area contributed by atoms with Crippen LogP contribution in [0.3, 0.4) is 0 Å². The zero-order valence-corrected chi connectivity index (χ0v) is 17.5. The molecule has 2 aliphatic carbocycles. The molecule has 6 heteroatoms. The fourth-order valence-corrected chi connectivity index (χ4v) is 5.90. The SMILES string of the molecule is CN=C(NCC1CN(Cc2ccccc2)CCO1)NC1C2CCOC2C12CCC2. The molecule has 1 aromatic rings.